The standard InChI is InChI=1S/C31H31FN6O5/c1-4-24(39)20-9-10-22(32)26(21-13-23(21)37-31(42)38-25-11-8-17(14-33)15-35-25)28(20)43-30(41)18-6-5-7-19(12-18)36-29(40)27(34)16(2)3/h5-12,15-16,21,23,27H,4,13,34H2,1-3H3,(H,36,40)(H2,35,37,38,42)/t21?,23?,27-/m1/s1. The zero-order valence-electron chi connectivity index (χ0n) is 23.8. The first-order chi connectivity index (χ1) is 20.5. The number of nitrogens with zero attached hydrogens (tertiary/aromatic N) is 2. The number of aromatic nitrogens is 1. The van der Waals surface area contributed by atoms with E-state index >= 15 is 4.39 Å². The molecule has 2 unspecified atom stereocenters. The van der Waals surface area contributed by atoms with E-state index in [1.807, 2.05) is 19.9 Å². The summed E-state index contributed by atoms with van der Waals surface area (Å²) in [6.07, 6.45) is 1.72. The number of hydrogen-bond acceptors (Lipinski definition) is 8. The van der Waals surface area contributed by atoms with Gasteiger partial charge >= 0.3 is 12.0 Å². The van der Waals surface area contributed by atoms with Crippen molar-refractivity contribution in [1.29, 1.82) is 5.26 Å². The van der Waals surface area contributed by atoms with E-state index in [0.717, 1.165) is 6.07 Å². The Morgan fingerprint density at radius 3 is 2.56 bits per heavy atom. The highest BCUT2D eigenvalue weighted by Crippen LogP contribution is 2.47. The summed E-state index contributed by atoms with van der Waals surface area (Å²) in [5.41, 5.74) is 6.65. The minimum Gasteiger partial charge on any atom is -0.422 e. The number of halogens is 1. The van der Waals surface area contributed by atoms with Gasteiger partial charge in [-0.1, -0.05) is 26.8 Å². The van der Waals surface area contributed by atoms with Crippen LogP contribution in [0.4, 0.5) is 20.7 Å². The molecule has 0 spiro atoms. The van der Waals surface area contributed by atoms with Gasteiger partial charge in [0.05, 0.1) is 22.7 Å². The summed E-state index contributed by atoms with van der Waals surface area (Å²) in [4.78, 5) is 55.0. The maximum absolute atomic E-state index is 15.3. The minimum absolute atomic E-state index is 0.00168. The Morgan fingerprint density at radius 2 is 1.91 bits per heavy atom. The van der Waals surface area contributed by atoms with Gasteiger partial charge in [-0.05, 0) is 54.8 Å². The number of nitrogens with two attached hydrogens (primary N) is 1. The summed E-state index contributed by atoms with van der Waals surface area (Å²) in [7, 11) is 0. The molecule has 43 heavy (non-hydrogen) atoms. The summed E-state index contributed by atoms with van der Waals surface area (Å²) in [5, 5.41) is 16.8. The van der Waals surface area contributed by atoms with Gasteiger partial charge in [-0.15, -0.1) is 0 Å². The second kappa shape index (κ2) is 13.2. The molecule has 3 aromatic rings. The first-order valence-electron chi connectivity index (χ1n) is 13.7. The second-order valence-electron chi connectivity index (χ2n) is 10.4. The van der Waals surface area contributed by atoms with Crippen molar-refractivity contribution < 1.29 is 28.3 Å². The first-order valence-corrected chi connectivity index (χ1v) is 13.7. The number of amides is 3. The highest BCUT2D eigenvalue weighted by atomic mass is 19.1. The molecule has 3 amide bonds. The van der Waals surface area contributed by atoms with Crippen LogP contribution in [0.5, 0.6) is 5.75 Å². The molecule has 1 saturated carbocycles. The molecular weight excluding hydrogens is 555 g/mol. The summed E-state index contributed by atoms with van der Waals surface area (Å²) in [6.45, 7) is 5.25. The Labute approximate surface area is 247 Å². The fourth-order valence-corrected chi connectivity index (χ4v) is 4.37. The van der Waals surface area contributed by atoms with Gasteiger partial charge in [0.25, 0.3) is 0 Å². The lowest BCUT2D eigenvalue weighted by Gasteiger charge is -2.17. The van der Waals surface area contributed by atoms with E-state index in [2.05, 4.69) is 20.9 Å². The van der Waals surface area contributed by atoms with Gasteiger partial charge in [0, 0.05) is 35.8 Å². The van der Waals surface area contributed by atoms with Crippen molar-refractivity contribution in [1.82, 2.24) is 10.3 Å². The van der Waals surface area contributed by atoms with E-state index in [-0.39, 0.29) is 46.4 Å². The number of nitrogens with one attached hydrogen (secondary N) is 3. The number of hydrogen-bond donors (Lipinski definition) is 4. The van der Waals surface area contributed by atoms with Crippen LogP contribution in [-0.4, -0.2) is 40.8 Å². The van der Waals surface area contributed by atoms with Crippen molar-refractivity contribution in [3.63, 3.8) is 0 Å². The summed E-state index contributed by atoms with van der Waals surface area (Å²) >= 11 is 0. The Balaban J connectivity index is 1.54. The molecule has 0 bridgehead atoms. The van der Waals surface area contributed by atoms with Gasteiger partial charge in [-0.25, -0.2) is 19.0 Å². The largest absolute Gasteiger partial charge is 0.422 e. The third-order valence-electron chi connectivity index (χ3n) is 6.96. The topological polar surface area (TPSA) is 176 Å². The van der Waals surface area contributed by atoms with Gasteiger partial charge in [-0.3, -0.25) is 14.9 Å². The normalized spacial score (nSPS) is 16.0. The summed E-state index contributed by atoms with van der Waals surface area (Å²) < 4.78 is 21.0. The van der Waals surface area contributed by atoms with Crippen molar-refractivity contribution in [2.45, 2.75) is 51.6 Å². The van der Waals surface area contributed by atoms with Crippen LogP contribution in [0.1, 0.15) is 71.4 Å². The predicted octanol–water partition coefficient (Wildman–Crippen LogP) is 4.50. The van der Waals surface area contributed by atoms with Gasteiger partial charge in [-0.2, -0.15) is 5.26 Å². The Morgan fingerprint density at radius 1 is 1.14 bits per heavy atom. The van der Waals surface area contributed by atoms with Gasteiger partial charge in [0.2, 0.25) is 5.91 Å². The van der Waals surface area contributed by atoms with Crippen LogP contribution >= 0.6 is 0 Å². The van der Waals surface area contributed by atoms with Crippen molar-refractivity contribution in [3.8, 4) is 11.8 Å². The molecule has 3 atom stereocenters. The zero-order valence-corrected chi connectivity index (χ0v) is 23.8. The number of esters is 1. The quantitative estimate of drug-likeness (QED) is 0.152. The molecule has 1 aliphatic rings. The zero-order chi connectivity index (χ0) is 31.3. The number of carbonyl (C=O) groups is 4. The van der Waals surface area contributed by atoms with Crippen molar-refractivity contribution >= 4 is 35.2 Å². The summed E-state index contributed by atoms with van der Waals surface area (Å²) in [6, 6.07) is 11.4. The monoisotopic (exact) mass is 586 g/mol. The third-order valence-corrected chi connectivity index (χ3v) is 6.96. The third kappa shape index (κ3) is 7.38. The number of anilines is 2. The molecule has 2 aromatic carbocycles. The van der Waals surface area contributed by atoms with Crippen LogP contribution in [0.15, 0.2) is 54.7 Å². The van der Waals surface area contributed by atoms with Crippen molar-refractivity contribution in [3.05, 3.63) is 82.8 Å². The van der Waals surface area contributed by atoms with E-state index in [1.165, 1.54) is 36.5 Å². The van der Waals surface area contributed by atoms with E-state index in [1.54, 1.807) is 19.1 Å². The van der Waals surface area contributed by atoms with Crippen molar-refractivity contribution in [2.75, 3.05) is 10.6 Å². The highest BCUT2D eigenvalue weighted by molar-refractivity contribution is 6.01. The number of nitriles is 1. The molecule has 1 fully saturated rings. The minimum atomic E-state index is -0.865. The number of pyridine rings is 1. The lowest BCUT2D eigenvalue weighted by atomic mass is 9.99. The van der Waals surface area contributed by atoms with Gasteiger partial charge < -0.3 is 21.1 Å². The van der Waals surface area contributed by atoms with E-state index in [4.69, 9.17) is 15.7 Å². The Kier molecular flexibility index (Phi) is 9.47. The maximum atomic E-state index is 15.3. The number of rotatable bonds is 10. The van der Waals surface area contributed by atoms with Crippen molar-refractivity contribution in [2.24, 2.45) is 11.7 Å². The molecule has 5 N–H and O–H groups in total. The number of Topliss-reactive ketones (excluding diaryl/α,β-unsaturated/α-hetero) is 1. The van der Waals surface area contributed by atoms with Gasteiger partial charge in [0.1, 0.15) is 23.5 Å². The molecule has 0 radical (unpaired) electrons. The lowest BCUT2D eigenvalue weighted by molar-refractivity contribution is -0.118. The van der Waals surface area contributed by atoms with Crippen LogP contribution in [0.2, 0.25) is 0 Å². The molecule has 1 aliphatic carbocycles. The Bertz CT molecular complexity index is 1600. The average molecular weight is 587 g/mol. The predicted molar refractivity (Wildman–Crippen MR) is 156 cm³/mol. The molecule has 222 valence electrons. The van der Waals surface area contributed by atoms with Crippen LogP contribution < -0.4 is 26.4 Å². The summed E-state index contributed by atoms with van der Waals surface area (Å²) in [5.74, 6) is -3.01. The number of ether oxygens (including phenoxy) is 1. The molecule has 0 aliphatic heterocycles. The van der Waals surface area contributed by atoms with Crippen LogP contribution in [0, 0.1) is 23.1 Å². The second-order valence-corrected chi connectivity index (χ2v) is 10.4. The lowest BCUT2D eigenvalue weighted by Crippen LogP contribution is -2.39. The van der Waals surface area contributed by atoms with Crippen LogP contribution in [0.25, 0.3) is 0 Å². The van der Waals surface area contributed by atoms with Crippen LogP contribution in [-0.2, 0) is 4.79 Å². The van der Waals surface area contributed by atoms with Gasteiger partial charge in [0.15, 0.2) is 5.78 Å². The molecule has 1 aromatic heterocycles. The SMILES string of the molecule is CCC(=O)c1ccc(F)c(C2CC2NC(=O)Nc2ccc(C#N)cn2)c1OC(=O)c1cccc(NC(=O)[C@H](N)C(C)C)c1. The number of urea groups is 1. The molecule has 12 heteroatoms. The fourth-order valence-electron chi connectivity index (χ4n) is 4.37. The smallest absolute Gasteiger partial charge is 0.343 e. The highest BCUT2D eigenvalue weighted by Gasteiger charge is 2.44. The van der Waals surface area contributed by atoms with E-state index in [9.17, 15) is 19.2 Å². The molecule has 11 nitrogen and oxygen atoms in total. The van der Waals surface area contributed by atoms with E-state index in [0.29, 0.717) is 17.7 Å². The Hall–Kier alpha value is -5.15. The number of carbonyl (C=O) groups excluding carboxylic acids is 4. The first kappa shape index (κ1) is 30.8. The maximum Gasteiger partial charge on any atom is 0.343 e. The number of ketones is 1. The molecule has 0 saturated heterocycles. The molecule has 1 heterocycles. The molecular formula is C31H31FN6O5. The average Bonchev–Trinajstić information content (AvgIpc) is 3.74. The van der Waals surface area contributed by atoms with Crippen LogP contribution in [0.3, 0.4) is 0 Å². The number of benzene rings is 2. The van der Waals surface area contributed by atoms with E-state index < -0.39 is 41.7 Å². The molecule has 4 rings (SSSR count). The fraction of sp³-hybridized carbons (Fsp3) is 0.290.